The average Bonchev–Trinajstić information content (AvgIpc) is 2.81. The summed E-state index contributed by atoms with van der Waals surface area (Å²) in [6, 6.07) is 2.93. The highest BCUT2D eigenvalue weighted by atomic mass is 127. The van der Waals surface area contributed by atoms with Gasteiger partial charge in [0.25, 0.3) is 0 Å². The highest BCUT2D eigenvalue weighted by Gasteiger charge is 2.05. The van der Waals surface area contributed by atoms with E-state index in [1.54, 1.807) is 16.9 Å². The Morgan fingerprint density at radius 3 is 2.68 bits per heavy atom. The first-order chi connectivity index (χ1) is 9.20. The zero-order chi connectivity index (χ0) is 14.3. The fourth-order valence-corrected chi connectivity index (χ4v) is 1.76. The smallest absolute Gasteiger partial charge is 0.153 e. The number of hydrogen-bond donors (Lipinski definition) is 0. The topological polar surface area (TPSA) is 30.7 Å². The van der Waals surface area contributed by atoms with Crippen LogP contribution in [0.3, 0.4) is 0 Å². The molecule has 0 N–H and O–H groups in total. The molecule has 2 rings (SSSR count). The van der Waals surface area contributed by atoms with Crippen molar-refractivity contribution in [3.63, 3.8) is 0 Å². The number of pyridine rings is 1. The van der Waals surface area contributed by atoms with Crippen LogP contribution >= 0.6 is 30.1 Å². The molecule has 0 radical (unpaired) electrons. The first kappa shape index (κ1) is 16.0. The van der Waals surface area contributed by atoms with Crippen LogP contribution in [0.15, 0.2) is 24.5 Å². The Kier molecular flexibility index (Phi) is 6.87. The van der Waals surface area contributed by atoms with Crippen LogP contribution in [0.25, 0.3) is 5.82 Å². The molecule has 2 aromatic heterocycles. The van der Waals surface area contributed by atoms with Crippen molar-refractivity contribution in [2.75, 3.05) is 0 Å². The monoisotopic (exact) mass is 389 g/mol. The first-order valence-electron chi connectivity index (χ1n) is 5.67. The molecule has 0 aliphatic rings. The van der Waals surface area contributed by atoms with Gasteiger partial charge in [-0.05, 0) is 33.2 Å². The summed E-state index contributed by atoms with van der Waals surface area (Å²) in [6.07, 6.45) is 2.95. The maximum atomic E-state index is 12.7. The van der Waals surface area contributed by atoms with Crippen LogP contribution in [-0.4, -0.2) is 14.8 Å². The van der Waals surface area contributed by atoms with Gasteiger partial charge in [-0.25, -0.2) is 14.1 Å². The Bertz CT molecular complexity index is 584. The molecule has 19 heavy (non-hydrogen) atoms. The summed E-state index contributed by atoms with van der Waals surface area (Å²) in [5.41, 5.74) is 1.68. The van der Waals surface area contributed by atoms with Crippen LogP contribution in [0.2, 0.25) is 0 Å². The van der Waals surface area contributed by atoms with E-state index in [9.17, 15) is 4.39 Å². The zero-order valence-electron chi connectivity index (χ0n) is 10.8. The van der Waals surface area contributed by atoms with E-state index in [-0.39, 0.29) is 5.82 Å². The van der Waals surface area contributed by atoms with E-state index < -0.39 is 0 Å². The highest BCUT2D eigenvalue weighted by molar-refractivity contribution is 14.2. The summed E-state index contributed by atoms with van der Waals surface area (Å²) in [7, 11) is 1.42. The molecule has 3 nitrogen and oxygen atoms in total. The minimum Gasteiger partial charge on any atom is -0.234 e. The van der Waals surface area contributed by atoms with Gasteiger partial charge in [0.1, 0.15) is 5.82 Å². The predicted molar refractivity (Wildman–Crippen MR) is 85.9 cm³/mol. The van der Waals surface area contributed by atoms with Gasteiger partial charge in [0.15, 0.2) is 5.82 Å². The van der Waals surface area contributed by atoms with Crippen LogP contribution < -0.4 is 0 Å². The lowest BCUT2D eigenvalue weighted by Gasteiger charge is -1.98. The summed E-state index contributed by atoms with van der Waals surface area (Å²) in [5.74, 6) is 3.20. The lowest BCUT2D eigenvalue weighted by Crippen LogP contribution is -1.97. The van der Waals surface area contributed by atoms with Gasteiger partial charge in [0.05, 0.1) is 17.5 Å². The third-order valence-corrected chi connectivity index (χ3v) is 2.91. The van der Waals surface area contributed by atoms with Crippen LogP contribution in [0.5, 0.6) is 0 Å². The number of aryl methyl sites for hydroxylation is 1. The molecule has 100 valence electrons. The molecule has 6 heteroatoms. The molecule has 0 saturated heterocycles. The van der Waals surface area contributed by atoms with E-state index in [0.29, 0.717) is 5.82 Å². The molecular weight excluding hydrogens is 376 g/mol. The molecule has 0 unspecified atom stereocenters. The Morgan fingerprint density at radius 2 is 2.11 bits per heavy atom. The van der Waals surface area contributed by atoms with Crippen molar-refractivity contribution in [2.45, 2.75) is 20.8 Å². The maximum absolute atomic E-state index is 12.7. The van der Waals surface area contributed by atoms with Gasteiger partial charge in [-0.15, -0.1) is 0 Å². The van der Waals surface area contributed by atoms with E-state index in [4.69, 9.17) is 0 Å². The molecule has 0 aliphatic carbocycles. The average molecular weight is 389 g/mol. The summed E-state index contributed by atoms with van der Waals surface area (Å²) in [4.78, 5) is 3.95. The number of rotatable bonds is 1. The summed E-state index contributed by atoms with van der Waals surface area (Å²) >= 11 is 2.11. The third kappa shape index (κ3) is 4.51. The standard InChI is InChI=1S/C11H7FIN3S.C2H6/c1-8-9(4-5-17-13)7-16(15-8)11-3-2-10(12)6-14-11;1-2/h2-3,6-7H,1H3;1-2H3. The minimum absolute atomic E-state index is 0.362. The third-order valence-electron chi connectivity index (χ3n) is 2.07. The van der Waals surface area contributed by atoms with Crippen molar-refractivity contribution in [3.05, 3.63) is 41.6 Å². The molecular formula is C13H13FIN3S. The van der Waals surface area contributed by atoms with Crippen molar-refractivity contribution in [1.82, 2.24) is 14.8 Å². The largest absolute Gasteiger partial charge is 0.234 e. The number of nitrogens with zero attached hydrogens (tertiary/aromatic N) is 3. The van der Waals surface area contributed by atoms with E-state index in [2.05, 4.69) is 42.5 Å². The van der Waals surface area contributed by atoms with Gasteiger partial charge < -0.3 is 0 Å². The predicted octanol–water partition coefficient (Wildman–Crippen LogP) is 4.13. The SMILES string of the molecule is CC.Cc1nn(-c2ccc(F)cn2)cc1C#CSI. The molecule has 2 aromatic rings. The van der Waals surface area contributed by atoms with Crippen molar-refractivity contribution < 1.29 is 4.39 Å². The van der Waals surface area contributed by atoms with Gasteiger partial charge >= 0.3 is 0 Å². The number of aromatic nitrogens is 3. The highest BCUT2D eigenvalue weighted by Crippen LogP contribution is 2.12. The second kappa shape index (κ2) is 8.17. The van der Waals surface area contributed by atoms with Gasteiger partial charge in [0.2, 0.25) is 0 Å². The summed E-state index contributed by atoms with van der Waals surface area (Å²) in [6.45, 7) is 5.88. The van der Waals surface area contributed by atoms with Crippen LogP contribution in [0, 0.1) is 23.9 Å². The fourth-order valence-electron chi connectivity index (χ4n) is 1.28. The van der Waals surface area contributed by atoms with Crippen molar-refractivity contribution in [2.24, 2.45) is 0 Å². The summed E-state index contributed by atoms with van der Waals surface area (Å²) in [5, 5.41) is 7.18. The van der Waals surface area contributed by atoms with Gasteiger partial charge in [-0.3, -0.25) is 0 Å². The van der Waals surface area contributed by atoms with Crippen LogP contribution in [0.4, 0.5) is 4.39 Å². The molecule has 0 aliphatic heterocycles. The summed E-state index contributed by atoms with van der Waals surface area (Å²) < 4.78 is 14.3. The zero-order valence-corrected chi connectivity index (χ0v) is 13.8. The maximum Gasteiger partial charge on any atom is 0.153 e. The first-order valence-corrected chi connectivity index (χ1v) is 9.03. The second-order valence-corrected chi connectivity index (χ2v) is 4.89. The van der Waals surface area contributed by atoms with Crippen LogP contribution in [-0.2, 0) is 0 Å². The van der Waals surface area contributed by atoms with Crippen LogP contribution in [0.1, 0.15) is 25.1 Å². The Morgan fingerprint density at radius 1 is 1.37 bits per heavy atom. The lowest BCUT2D eigenvalue weighted by atomic mass is 10.3. The molecule has 0 fully saturated rings. The molecule has 0 saturated carbocycles. The van der Waals surface area contributed by atoms with Crippen molar-refractivity contribution in [1.29, 1.82) is 0 Å². The fraction of sp³-hybridized carbons (Fsp3) is 0.231. The van der Waals surface area contributed by atoms with Crippen molar-refractivity contribution >= 4 is 30.1 Å². The van der Waals surface area contributed by atoms with E-state index in [0.717, 1.165) is 11.3 Å². The normalized spacial score (nSPS) is 9.11. The molecule has 0 atom stereocenters. The lowest BCUT2D eigenvalue weighted by molar-refractivity contribution is 0.619. The molecule has 2 heterocycles. The molecule has 0 aromatic carbocycles. The Labute approximate surface area is 128 Å². The van der Waals surface area contributed by atoms with Gasteiger partial charge in [-0.1, -0.05) is 19.8 Å². The quantitative estimate of drug-likeness (QED) is 0.543. The van der Waals surface area contributed by atoms with Crippen molar-refractivity contribution in [3.8, 4) is 17.0 Å². The van der Waals surface area contributed by atoms with Gasteiger partial charge in [-0.2, -0.15) is 5.10 Å². The molecule has 0 amide bonds. The number of halogens is 2. The van der Waals surface area contributed by atoms with Gasteiger partial charge in [0, 0.05) is 27.4 Å². The molecule has 0 bridgehead atoms. The van der Waals surface area contributed by atoms with E-state index >= 15 is 0 Å². The number of hydrogen-bond acceptors (Lipinski definition) is 3. The second-order valence-electron chi connectivity index (χ2n) is 3.21. The Balaban J connectivity index is 0.000000861. The Hall–Kier alpha value is -1.07. The van der Waals surface area contributed by atoms with E-state index in [1.165, 1.54) is 21.2 Å². The van der Waals surface area contributed by atoms with E-state index in [1.807, 2.05) is 20.8 Å². The molecule has 0 spiro atoms. The minimum atomic E-state index is -0.362.